The Labute approximate surface area is 201 Å². The molecule has 2 aliphatic rings. The van der Waals surface area contributed by atoms with Crippen LogP contribution in [0.1, 0.15) is 32.4 Å². The topological polar surface area (TPSA) is 0 Å². The fourth-order valence-electron chi connectivity index (χ4n) is 5.26. The maximum atomic E-state index is 2.56. The first kappa shape index (κ1) is 20.1. The standard InChI is InChI=1S/C12H10Si.2C9H7.Zr.2H/c1-3-7-11(8-4-1)13-12-9-5-2-6-10-12;2*1-2-5-9-7-3-6-8(9)4-1;;;/h1-10H;2*1-7H;;;/q;;;;2*-1. The Hall–Kier alpha value is -2.54. The van der Waals surface area contributed by atoms with Gasteiger partial charge in [0.2, 0.25) is 0 Å². The van der Waals surface area contributed by atoms with E-state index in [9.17, 15) is 0 Å². The Morgan fingerprint density at radius 3 is 1.38 bits per heavy atom. The maximum absolute atomic E-state index is 2.56. The number of rotatable bonds is 4. The van der Waals surface area contributed by atoms with E-state index < -0.39 is 25.8 Å². The van der Waals surface area contributed by atoms with Crippen LogP contribution in [0.2, 0.25) is 0 Å². The average molecular weight is 506 g/mol. The molecule has 0 heterocycles. The molecule has 32 heavy (non-hydrogen) atoms. The minimum Gasteiger partial charge on any atom is -1.00 e. The molecule has 2 atom stereocenters. The van der Waals surface area contributed by atoms with Gasteiger partial charge < -0.3 is 2.85 Å². The number of hydrogen-bond donors (Lipinski definition) is 0. The fourth-order valence-corrected chi connectivity index (χ4v) is 28.3. The van der Waals surface area contributed by atoms with Crippen LogP contribution in [0.15, 0.2) is 121 Å². The summed E-state index contributed by atoms with van der Waals surface area (Å²) in [6.45, 7) is 0. The molecule has 0 saturated carbocycles. The second-order valence-electron chi connectivity index (χ2n) is 8.49. The van der Waals surface area contributed by atoms with Crippen molar-refractivity contribution >= 4 is 28.0 Å². The van der Waals surface area contributed by atoms with Crippen LogP contribution in [-0.2, 0) is 20.4 Å². The first-order valence-electron chi connectivity index (χ1n) is 11.3. The van der Waals surface area contributed by atoms with Gasteiger partial charge in [-0.3, -0.25) is 0 Å². The second-order valence-corrected chi connectivity index (χ2v) is 22.8. The summed E-state index contributed by atoms with van der Waals surface area (Å²) in [6.07, 6.45) is 9.90. The quantitative estimate of drug-likeness (QED) is 0.291. The molecule has 0 amide bonds. The third kappa shape index (κ3) is 3.56. The van der Waals surface area contributed by atoms with Crippen molar-refractivity contribution in [2.45, 2.75) is 7.25 Å². The van der Waals surface area contributed by atoms with Crippen molar-refractivity contribution in [3.8, 4) is 0 Å². The smallest absolute Gasteiger partial charge is 1.00 e. The van der Waals surface area contributed by atoms with Gasteiger partial charge in [-0.1, -0.05) is 0 Å². The molecule has 0 fully saturated rings. The summed E-state index contributed by atoms with van der Waals surface area (Å²) >= 11 is -2.26. The number of fused-ring (bicyclic) bond motifs is 2. The van der Waals surface area contributed by atoms with Gasteiger partial charge in [-0.05, 0) is 0 Å². The summed E-state index contributed by atoms with van der Waals surface area (Å²) in [5.41, 5.74) is 5.08. The number of hydrogen-bond acceptors (Lipinski definition) is 0. The van der Waals surface area contributed by atoms with Crippen LogP contribution in [0.4, 0.5) is 0 Å². The van der Waals surface area contributed by atoms with Gasteiger partial charge in [0.1, 0.15) is 0 Å². The van der Waals surface area contributed by atoms with E-state index in [0.717, 1.165) is 0 Å². The number of benzene rings is 4. The van der Waals surface area contributed by atoms with Crippen LogP contribution >= 0.6 is 0 Å². The van der Waals surface area contributed by atoms with E-state index in [2.05, 4.69) is 133 Å². The van der Waals surface area contributed by atoms with E-state index in [-0.39, 0.29) is 2.85 Å². The summed E-state index contributed by atoms with van der Waals surface area (Å²) in [5, 5.41) is 3.15. The van der Waals surface area contributed by atoms with Gasteiger partial charge in [-0.2, -0.15) is 0 Å². The molecule has 0 aliphatic heterocycles. The zero-order chi connectivity index (χ0) is 21.3. The third-order valence-corrected chi connectivity index (χ3v) is 27.0. The van der Waals surface area contributed by atoms with E-state index in [1.54, 1.807) is 21.5 Å². The van der Waals surface area contributed by atoms with Crippen molar-refractivity contribution in [2.24, 2.45) is 0 Å². The van der Waals surface area contributed by atoms with Crippen LogP contribution in [0.3, 0.4) is 0 Å². The van der Waals surface area contributed by atoms with Crippen molar-refractivity contribution in [3.63, 3.8) is 0 Å². The van der Waals surface area contributed by atoms with Gasteiger partial charge >= 0.3 is 199 Å². The molecular formula is C30H26SiZr-2. The van der Waals surface area contributed by atoms with Crippen molar-refractivity contribution in [3.05, 3.63) is 144 Å². The first-order chi connectivity index (χ1) is 15.9. The van der Waals surface area contributed by atoms with Crippen LogP contribution in [0.5, 0.6) is 0 Å². The zero-order valence-electron chi connectivity index (χ0n) is 19.9. The molecule has 0 spiro atoms. The van der Waals surface area contributed by atoms with Crippen molar-refractivity contribution in [2.75, 3.05) is 0 Å². The molecule has 0 bridgehead atoms. The molecule has 4 aromatic rings. The van der Waals surface area contributed by atoms with Gasteiger partial charge in [-0.25, -0.2) is 0 Å². The predicted octanol–water partition coefficient (Wildman–Crippen LogP) is 6.17. The Morgan fingerprint density at radius 1 is 0.500 bits per heavy atom. The van der Waals surface area contributed by atoms with Crippen LogP contribution in [0, 0.1) is 0 Å². The minimum absolute atomic E-state index is 0. The van der Waals surface area contributed by atoms with Gasteiger partial charge in [0.25, 0.3) is 0 Å². The Balaban J connectivity index is 0.00000137. The second kappa shape index (κ2) is 8.77. The first-order valence-corrected chi connectivity index (χ1v) is 19.3. The largest absolute Gasteiger partial charge is 1.00 e. The molecule has 0 saturated heterocycles. The molecule has 156 valence electrons. The molecule has 0 aromatic heterocycles. The molecule has 0 radical (unpaired) electrons. The summed E-state index contributed by atoms with van der Waals surface area (Å²) in [6, 6.07) is 41.1. The predicted molar refractivity (Wildman–Crippen MR) is 137 cm³/mol. The molecular weight excluding hydrogens is 480 g/mol. The number of allylic oxidation sites excluding steroid dienone is 2. The van der Waals surface area contributed by atoms with Crippen molar-refractivity contribution < 1.29 is 23.2 Å². The zero-order valence-corrected chi connectivity index (χ0v) is 21.3. The average Bonchev–Trinajstić information content (AvgIpc) is 3.48. The Bertz CT molecular complexity index is 1270. The van der Waals surface area contributed by atoms with E-state index >= 15 is 0 Å². The molecule has 2 heteroatoms. The van der Waals surface area contributed by atoms with E-state index in [1.807, 2.05) is 0 Å². The van der Waals surface area contributed by atoms with Gasteiger partial charge in [0, 0.05) is 0 Å². The van der Waals surface area contributed by atoms with Crippen LogP contribution < -0.4 is 10.4 Å². The van der Waals surface area contributed by atoms with E-state index in [1.165, 1.54) is 11.1 Å². The fraction of sp³-hybridized carbons (Fsp3) is 0.0667. The summed E-state index contributed by atoms with van der Waals surface area (Å²) in [7, 11) is 0. The van der Waals surface area contributed by atoms with Crippen LogP contribution in [-0.4, -0.2) is 5.43 Å². The van der Waals surface area contributed by atoms with Crippen LogP contribution in [0.25, 0.3) is 12.2 Å². The maximum Gasteiger partial charge on any atom is -1.00 e. The molecule has 2 unspecified atom stereocenters. The Morgan fingerprint density at radius 2 is 0.906 bits per heavy atom. The molecule has 4 aromatic carbocycles. The normalized spacial score (nSPS) is 17.8. The van der Waals surface area contributed by atoms with E-state index in [4.69, 9.17) is 0 Å². The monoisotopic (exact) mass is 504 g/mol. The molecule has 0 nitrogen and oxygen atoms in total. The van der Waals surface area contributed by atoms with Gasteiger partial charge in [0.15, 0.2) is 0 Å². The summed E-state index contributed by atoms with van der Waals surface area (Å²) in [4.78, 5) is 0. The van der Waals surface area contributed by atoms with Crippen molar-refractivity contribution in [1.82, 2.24) is 0 Å². The molecule has 2 aliphatic carbocycles. The SMILES string of the molecule is C1=C[CH]([Zr]([CH]2C=Cc3ccccc32)=[Si](c2ccccc2)c2ccccc2)c2ccccc21.[H-].[H-]. The minimum atomic E-state index is -2.26. The van der Waals surface area contributed by atoms with Gasteiger partial charge in [0.05, 0.1) is 0 Å². The van der Waals surface area contributed by atoms with E-state index in [0.29, 0.717) is 7.25 Å². The van der Waals surface area contributed by atoms with Gasteiger partial charge in [-0.15, -0.1) is 0 Å². The molecule has 6 rings (SSSR count). The summed E-state index contributed by atoms with van der Waals surface area (Å²) < 4.78 is 1.20. The molecule has 0 N–H and O–H groups in total. The van der Waals surface area contributed by atoms with Crippen molar-refractivity contribution in [1.29, 1.82) is 0 Å². The third-order valence-electron chi connectivity index (χ3n) is 6.68. The summed E-state index contributed by atoms with van der Waals surface area (Å²) in [5.74, 6) is 0. The Kier molecular flexibility index (Phi) is 5.51.